The molecule has 1 aromatic rings. The molecule has 0 aliphatic carbocycles. The van der Waals surface area contributed by atoms with Gasteiger partial charge in [-0.05, 0) is 28.1 Å². The Bertz CT molecular complexity index is 288. The number of aromatic nitrogens is 1. The first-order chi connectivity index (χ1) is 5.74. The minimum atomic E-state index is -0.275. The highest BCUT2D eigenvalue weighted by atomic mass is 79.9. The molecule has 0 radical (unpaired) electrons. The summed E-state index contributed by atoms with van der Waals surface area (Å²) in [6.45, 7) is 0. The van der Waals surface area contributed by atoms with E-state index < -0.39 is 0 Å². The van der Waals surface area contributed by atoms with Crippen LogP contribution in [0.1, 0.15) is 18.2 Å². The Balaban J connectivity index is 2.76. The Hall–Kier alpha value is -0.920. The maximum Gasteiger partial charge on any atom is 0.0642 e. The van der Waals surface area contributed by atoms with Gasteiger partial charge in [0.15, 0.2) is 0 Å². The van der Waals surface area contributed by atoms with Crippen LogP contribution in [0.25, 0.3) is 0 Å². The van der Waals surface area contributed by atoms with Crippen molar-refractivity contribution in [1.82, 2.24) is 4.98 Å². The van der Waals surface area contributed by atoms with E-state index in [-0.39, 0.29) is 6.04 Å². The molecule has 0 fully saturated rings. The lowest BCUT2D eigenvalue weighted by Crippen LogP contribution is -2.10. The molecule has 0 saturated heterocycles. The van der Waals surface area contributed by atoms with Crippen molar-refractivity contribution in [2.75, 3.05) is 0 Å². The van der Waals surface area contributed by atoms with Crippen LogP contribution in [-0.4, -0.2) is 4.98 Å². The van der Waals surface area contributed by atoms with E-state index in [0.29, 0.717) is 6.42 Å². The van der Waals surface area contributed by atoms with E-state index in [1.807, 2.05) is 18.2 Å². The van der Waals surface area contributed by atoms with E-state index >= 15 is 0 Å². The summed E-state index contributed by atoms with van der Waals surface area (Å²) in [6.07, 6.45) is 1.97. The van der Waals surface area contributed by atoms with Crippen molar-refractivity contribution < 1.29 is 0 Å². The smallest absolute Gasteiger partial charge is 0.0642 e. The molecule has 0 spiro atoms. The van der Waals surface area contributed by atoms with Gasteiger partial charge in [-0.1, -0.05) is 0 Å². The van der Waals surface area contributed by atoms with Gasteiger partial charge in [0, 0.05) is 10.7 Å². The van der Waals surface area contributed by atoms with Crippen LogP contribution in [0.3, 0.4) is 0 Å². The van der Waals surface area contributed by atoms with Crippen molar-refractivity contribution in [1.29, 1.82) is 5.26 Å². The molecule has 62 valence electrons. The van der Waals surface area contributed by atoms with Crippen molar-refractivity contribution in [3.8, 4) is 6.07 Å². The molecule has 0 unspecified atom stereocenters. The van der Waals surface area contributed by atoms with Crippen molar-refractivity contribution in [3.63, 3.8) is 0 Å². The maximum atomic E-state index is 8.39. The third-order valence-corrected chi connectivity index (χ3v) is 1.91. The summed E-state index contributed by atoms with van der Waals surface area (Å²) in [5, 5.41) is 8.39. The van der Waals surface area contributed by atoms with Crippen LogP contribution in [0.15, 0.2) is 22.8 Å². The zero-order valence-corrected chi connectivity index (χ0v) is 7.95. The summed E-state index contributed by atoms with van der Waals surface area (Å²) in [5.74, 6) is 0. The van der Waals surface area contributed by atoms with Crippen LogP contribution in [0, 0.1) is 11.3 Å². The molecule has 0 amide bonds. The second-order valence-corrected chi connectivity index (χ2v) is 3.29. The van der Waals surface area contributed by atoms with Gasteiger partial charge in [0.2, 0.25) is 0 Å². The van der Waals surface area contributed by atoms with Crippen LogP contribution >= 0.6 is 15.9 Å². The predicted molar refractivity (Wildman–Crippen MR) is 49.1 cm³/mol. The molecule has 0 aromatic carbocycles. The summed E-state index contributed by atoms with van der Waals surface area (Å²) in [6, 6.07) is 5.40. The van der Waals surface area contributed by atoms with Crippen LogP contribution < -0.4 is 5.73 Å². The van der Waals surface area contributed by atoms with E-state index in [0.717, 1.165) is 10.2 Å². The second-order valence-electron chi connectivity index (χ2n) is 2.37. The summed E-state index contributed by atoms with van der Waals surface area (Å²) < 4.78 is 0.912. The number of nitriles is 1. The zero-order chi connectivity index (χ0) is 8.97. The minimum absolute atomic E-state index is 0.275. The summed E-state index contributed by atoms with van der Waals surface area (Å²) in [4.78, 5) is 4.07. The number of hydrogen-bond acceptors (Lipinski definition) is 3. The Morgan fingerprint density at radius 2 is 2.42 bits per heavy atom. The molecule has 2 N–H and O–H groups in total. The Labute approximate surface area is 79.3 Å². The molecular formula is C8H8BrN3. The normalized spacial score (nSPS) is 12.1. The number of halogens is 1. The van der Waals surface area contributed by atoms with E-state index in [1.165, 1.54) is 0 Å². The first kappa shape index (κ1) is 9.17. The highest BCUT2D eigenvalue weighted by Crippen LogP contribution is 2.13. The van der Waals surface area contributed by atoms with Crippen molar-refractivity contribution >= 4 is 15.9 Å². The van der Waals surface area contributed by atoms with Gasteiger partial charge in [-0.2, -0.15) is 5.26 Å². The van der Waals surface area contributed by atoms with Gasteiger partial charge in [-0.3, -0.25) is 4.98 Å². The van der Waals surface area contributed by atoms with Crippen LogP contribution in [-0.2, 0) is 0 Å². The van der Waals surface area contributed by atoms with Gasteiger partial charge >= 0.3 is 0 Å². The standard InChI is InChI=1S/C8H8BrN3/c9-6-1-2-8(12-5-6)7(11)3-4-10/h1-2,5,7H,3,11H2/t7-/m0/s1. The van der Waals surface area contributed by atoms with E-state index in [2.05, 4.69) is 20.9 Å². The average molecular weight is 226 g/mol. The van der Waals surface area contributed by atoms with Gasteiger partial charge < -0.3 is 5.73 Å². The monoisotopic (exact) mass is 225 g/mol. The molecule has 0 bridgehead atoms. The summed E-state index contributed by atoms with van der Waals surface area (Å²) >= 11 is 3.27. The number of pyridine rings is 1. The predicted octanol–water partition coefficient (Wildman–Crippen LogP) is 1.76. The van der Waals surface area contributed by atoms with E-state index in [9.17, 15) is 0 Å². The topological polar surface area (TPSA) is 62.7 Å². The molecular weight excluding hydrogens is 218 g/mol. The fourth-order valence-corrected chi connectivity index (χ4v) is 1.04. The van der Waals surface area contributed by atoms with Gasteiger partial charge in [0.05, 0.1) is 24.2 Å². The highest BCUT2D eigenvalue weighted by Gasteiger charge is 2.05. The molecule has 1 rings (SSSR count). The van der Waals surface area contributed by atoms with Crippen LogP contribution in [0.5, 0.6) is 0 Å². The number of nitrogens with two attached hydrogens (primary N) is 1. The van der Waals surface area contributed by atoms with Gasteiger partial charge in [-0.25, -0.2) is 0 Å². The summed E-state index contributed by atoms with van der Waals surface area (Å²) in [5.41, 5.74) is 6.41. The quantitative estimate of drug-likeness (QED) is 0.835. The summed E-state index contributed by atoms with van der Waals surface area (Å²) in [7, 11) is 0. The van der Waals surface area contributed by atoms with E-state index in [1.54, 1.807) is 6.20 Å². The zero-order valence-electron chi connectivity index (χ0n) is 6.37. The second kappa shape index (κ2) is 4.19. The highest BCUT2D eigenvalue weighted by molar-refractivity contribution is 9.10. The van der Waals surface area contributed by atoms with Crippen molar-refractivity contribution in [2.24, 2.45) is 5.73 Å². The molecule has 1 heterocycles. The van der Waals surface area contributed by atoms with Gasteiger partial charge in [0.25, 0.3) is 0 Å². The van der Waals surface area contributed by atoms with E-state index in [4.69, 9.17) is 11.0 Å². The first-order valence-electron chi connectivity index (χ1n) is 3.48. The van der Waals surface area contributed by atoms with Crippen LogP contribution in [0.2, 0.25) is 0 Å². The molecule has 0 aliphatic heterocycles. The van der Waals surface area contributed by atoms with Gasteiger partial charge in [0.1, 0.15) is 0 Å². The Morgan fingerprint density at radius 1 is 1.67 bits per heavy atom. The third-order valence-electron chi connectivity index (χ3n) is 1.44. The number of rotatable bonds is 2. The fraction of sp³-hybridized carbons (Fsp3) is 0.250. The molecule has 0 aliphatic rings. The maximum absolute atomic E-state index is 8.39. The minimum Gasteiger partial charge on any atom is -0.322 e. The molecule has 12 heavy (non-hydrogen) atoms. The number of nitrogens with zero attached hydrogens (tertiary/aromatic N) is 2. The largest absolute Gasteiger partial charge is 0.322 e. The lowest BCUT2D eigenvalue weighted by atomic mass is 10.1. The molecule has 3 nitrogen and oxygen atoms in total. The Morgan fingerprint density at radius 3 is 2.92 bits per heavy atom. The molecule has 0 saturated carbocycles. The van der Waals surface area contributed by atoms with Crippen LogP contribution in [0.4, 0.5) is 0 Å². The van der Waals surface area contributed by atoms with Crippen molar-refractivity contribution in [3.05, 3.63) is 28.5 Å². The lowest BCUT2D eigenvalue weighted by Gasteiger charge is -2.05. The fourth-order valence-electron chi connectivity index (χ4n) is 0.810. The molecule has 1 aromatic heterocycles. The molecule has 1 atom stereocenters. The molecule has 4 heteroatoms. The van der Waals surface area contributed by atoms with Gasteiger partial charge in [-0.15, -0.1) is 0 Å². The lowest BCUT2D eigenvalue weighted by molar-refractivity contribution is 0.719. The Kier molecular flexibility index (Phi) is 3.20. The average Bonchev–Trinajstić information content (AvgIpc) is 2.06. The SMILES string of the molecule is N#CC[C@H](N)c1ccc(Br)cn1. The number of hydrogen-bond donors (Lipinski definition) is 1. The van der Waals surface area contributed by atoms with Crippen molar-refractivity contribution in [2.45, 2.75) is 12.5 Å². The first-order valence-corrected chi connectivity index (χ1v) is 4.27. The third kappa shape index (κ3) is 2.29.